The van der Waals surface area contributed by atoms with Crippen LogP contribution in [0.2, 0.25) is 0 Å². The van der Waals surface area contributed by atoms with E-state index >= 15 is 9.59 Å². The van der Waals surface area contributed by atoms with Gasteiger partial charge >= 0.3 is 0 Å². The van der Waals surface area contributed by atoms with Crippen LogP contribution in [0.1, 0.15) is 117 Å². The van der Waals surface area contributed by atoms with E-state index in [-0.39, 0.29) is 79.2 Å². The minimum absolute atomic E-state index is 0.00730. The van der Waals surface area contributed by atoms with Crippen LogP contribution in [-0.2, 0) is 20.7 Å². The summed E-state index contributed by atoms with van der Waals surface area (Å²) in [5, 5.41) is 108. The van der Waals surface area contributed by atoms with E-state index in [0.29, 0.717) is 87.9 Å². The van der Waals surface area contributed by atoms with E-state index in [0.717, 1.165) is 22.8 Å². The number of nitrogens with zero attached hydrogens (tertiary/aromatic N) is 1. The molecule has 3 spiro atoms. The summed E-state index contributed by atoms with van der Waals surface area (Å²) in [6, 6.07) is 5.28. The zero-order chi connectivity index (χ0) is 48.6. The van der Waals surface area contributed by atoms with Gasteiger partial charge in [0.15, 0.2) is 5.78 Å². The molecule has 376 valence electrons. The maximum atomic E-state index is 15.7. The Hall–Kier alpha value is -2.02. The molecule has 18 unspecified atom stereocenters. The van der Waals surface area contributed by atoms with Gasteiger partial charge in [0.25, 0.3) is 0 Å². The van der Waals surface area contributed by atoms with E-state index in [9.17, 15) is 46.0 Å². The number of carbonyl (C=O) groups excluding carboxylic acids is 2. The fourth-order valence-corrected chi connectivity index (χ4v) is 20.5. The molecule has 11 aliphatic rings. The van der Waals surface area contributed by atoms with Gasteiger partial charge in [-0.25, -0.2) is 0 Å². The van der Waals surface area contributed by atoms with Crippen LogP contribution in [-0.4, -0.2) is 130 Å². The second kappa shape index (κ2) is 17.3. The number of fused-ring (bicyclic) bond motifs is 1. The molecule has 0 radical (unpaired) electrons. The molecule has 1 amide bonds. The average Bonchev–Trinajstić information content (AvgIpc) is 3.99. The van der Waals surface area contributed by atoms with Crippen LogP contribution in [0, 0.1) is 63.1 Å². The largest absolute Gasteiger partial charge is 0.508 e. The van der Waals surface area contributed by atoms with Gasteiger partial charge < -0.3 is 55.6 Å². The molecule has 1 aromatic rings. The Morgan fingerprint density at radius 1 is 0.971 bits per heavy atom. The molecule has 4 saturated carbocycles. The highest BCUT2D eigenvalue weighted by Gasteiger charge is 2.79. The first kappa shape index (κ1) is 49.6. The van der Waals surface area contributed by atoms with E-state index in [1.807, 2.05) is 19.1 Å². The monoisotopic (exact) mass is 981 g/mol. The van der Waals surface area contributed by atoms with Crippen LogP contribution in [0.4, 0.5) is 5.69 Å². The fourth-order valence-electron chi connectivity index (χ4n) is 16.9. The van der Waals surface area contributed by atoms with Crippen molar-refractivity contribution in [3.8, 4) is 5.75 Å². The van der Waals surface area contributed by atoms with Gasteiger partial charge in [0.1, 0.15) is 28.5 Å². The van der Waals surface area contributed by atoms with Crippen molar-refractivity contribution >= 4 is 39.0 Å². The summed E-state index contributed by atoms with van der Waals surface area (Å²) in [6.07, 6.45) is 8.41. The molecule has 6 aliphatic carbocycles. The number of rotatable bonds is 8. The maximum Gasteiger partial charge on any atom is 0.233 e. The van der Waals surface area contributed by atoms with Crippen molar-refractivity contribution in [1.82, 2.24) is 0 Å². The summed E-state index contributed by atoms with van der Waals surface area (Å²) >= 11 is 0. The van der Waals surface area contributed by atoms with E-state index in [4.69, 9.17) is 4.74 Å². The smallest absolute Gasteiger partial charge is 0.233 e. The van der Waals surface area contributed by atoms with E-state index in [1.165, 1.54) is 10.8 Å². The number of aryl methyl sites for hydroxylation is 1. The lowest BCUT2D eigenvalue weighted by atomic mass is 9.38. The zero-order valence-corrected chi connectivity index (χ0v) is 41.8. The summed E-state index contributed by atoms with van der Waals surface area (Å²) in [5.41, 5.74) is -9.76. The van der Waals surface area contributed by atoms with Crippen molar-refractivity contribution in [2.75, 3.05) is 31.3 Å². The number of allylic oxidation sites excluding steroid dienone is 2. The number of amides is 1. The van der Waals surface area contributed by atoms with Crippen LogP contribution < -0.4 is 4.90 Å². The summed E-state index contributed by atoms with van der Waals surface area (Å²) in [4.78, 5) is 32.9. The quantitative estimate of drug-likeness (QED) is 0.0926. The number of phenolic OH excluding ortho intramolecular Hbond substituents is 1. The lowest BCUT2D eigenvalue weighted by Crippen LogP contribution is -2.72. The Balaban J connectivity index is 1.18. The topological polar surface area (TPSA) is 232 Å². The Morgan fingerprint density at radius 2 is 1.75 bits per heavy atom. The minimum atomic E-state index is -2.02. The number of ketones is 1. The van der Waals surface area contributed by atoms with E-state index in [1.54, 1.807) is 23.1 Å². The molecule has 68 heavy (non-hydrogen) atoms. The Kier molecular flexibility index (Phi) is 12.6. The number of aliphatic hydroxyl groups excluding tert-OH is 5. The van der Waals surface area contributed by atoms with Gasteiger partial charge in [0.05, 0.1) is 35.2 Å². The third kappa shape index (κ3) is 6.74. The highest BCUT2D eigenvalue weighted by Crippen LogP contribution is 2.76. The van der Waals surface area contributed by atoms with Gasteiger partial charge in [-0.2, -0.15) is 0 Å². The molecular formula is C53H75NO12S2. The number of epoxide rings is 1. The first-order chi connectivity index (χ1) is 32.3. The minimum Gasteiger partial charge on any atom is -0.508 e. The standard InChI is InChI=1S/C53H75NO12S2/c1-29(2)30(3)43-44(66-43)52(64)14-6-9-32-22-37-38-24-41(59)51(25-42(60)48(63,28-57)27-47(37,51)4)46(62)68-67-39(11-7-19-55)36-10-5-8-33(26-56)49(36)17-18-54(45(49)61)34-20-31(21-35(58)23-34)12-15-50(32)40(52)13-16-53(38,50)65/h6,9,20-21,23-24,29-30,32-33,36-37,39-40,42-44,46,55-58,60,62-65H,5,7-8,10-19,22,25-28H2,1-4H3. The third-order valence-corrected chi connectivity index (χ3v) is 23.9. The third-order valence-electron chi connectivity index (χ3n) is 20.8. The molecule has 6 fully saturated rings. The molecule has 0 aromatic heterocycles. The van der Waals surface area contributed by atoms with Crippen molar-refractivity contribution in [1.29, 1.82) is 0 Å². The normalized spacial score (nSPS) is 48.0. The van der Waals surface area contributed by atoms with Crippen LogP contribution in [0.15, 0.2) is 42.0 Å². The number of ether oxygens (including phenoxy) is 1. The van der Waals surface area contributed by atoms with Gasteiger partial charge in [-0.05, 0) is 154 Å². The number of aliphatic hydroxyl groups is 8. The molecule has 13 nitrogen and oxygen atoms in total. The second-order valence-corrected chi connectivity index (χ2v) is 26.2. The number of hydrogen-bond donors (Lipinski definition) is 9. The Bertz CT molecular complexity index is 2230. The summed E-state index contributed by atoms with van der Waals surface area (Å²) in [7, 11) is 2.51. The SMILES string of the molecule is CC(C)C(C)C1OC1C1(O)CC=CC2CC3C4=CC(=O)C5(CC(O)C(O)(CO)CC35C)C(O)SSC(CCCO)C3CCCC(CO)C35CCN(C5=O)c3cc(O)cc(c3)CCC23C1CCC43O. The zero-order valence-electron chi connectivity index (χ0n) is 40.1. The number of hydrogen-bond acceptors (Lipinski definition) is 14. The summed E-state index contributed by atoms with van der Waals surface area (Å²) < 4.78 is 6.48. The van der Waals surface area contributed by atoms with Crippen LogP contribution in [0.25, 0.3) is 0 Å². The number of anilines is 1. The van der Waals surface area contributed by atoms with Gasteiger partial charge in [0.2, 0.25) is 5.91 Å². The molecule has 12 rings (SSSR count). The van der Waals surface area contributed by atoms with Crippen molar-refractivity contribution < 1.29 is 60.3 Å². The van der Waals surface area contributed by atoms with Gasteiger partial charge in [0, 0.05) is 48.1 Å². The van der Waals surface area contributed by atoms with Gasteiger partial charge in [-0.3, -0.25) is 9.59 Å². The fraction of sp³-hybridized carbons (Fsp3) is 0.774. The number of carbonyl (C=O) groups is 2. The first-order valence-corrected chi connectivity index (χ1v) is 28.0. The number of phenols is 1. The van der Waals surface area contributed by atoms with Gasteiger partial charge in [-0.1, -0.05) is 67.9 Å². The summed E-state index contributed by atoms with van der Waals surface area (Å²) in [5.74, 6) is -2.24. The van der Waals surface area contributed by atoms with Crippen LogP contribution >= 0.6 is 21.6 Å². The number of benzene rings is 1. The van der Waals surface area contributed by atoms with Crippen molar-refractivity contribution in [2.24, 2.45) is 63.1 Å². The molecule has 15 heteroatoms. The molecule has 2 saturated heterocycles. The van der Waals surface area contributed by atoms with E-state index < -0.39 is 80.3 Å². The summed E-state index contributed by atoms with van der Waals surface area (Å²) in [6.45, 7) is 7.62. The highest BCUT2D eigenvalue weighted by atomic mass is 33.1. The number of aromatic hydroxyl groups is 1. The molecule has 9 N–H and O–H groups in total. The Labute approximate surface area is 408 Å². The molecule has 5 heterocycles. The Morgan fingerprint density at radius 3 is 2.47 bits per heavy atom. The predicted octanol–water partition coefficient (Wildman–Crippen LogP) is 5.21. The van der Waals surface area contributed by atoms with E-state index in [2.05, 4.69) is 26.8 Å². The lowest BCUT2D eigenvalue weighted by Gasteiger charge is -2.68. The molecule has 8 bridgehead atoms. The molecule has 1 aromatic carbocycles. The lowest BCUT2D eigenvalue weighted by molar-refractivity contribution is -0.235. The molecule has 5 aliphatic heterocycles. The predicted molar refractivity (Wildman–Crippen MR) is 259 cm³/mol. The maximum absolute atomic E-state index is 15.7. The molecule has 18 atom stereocenters. The highest BCUT2D eigenvalue weighted by molar-refractivity contribution is 8.77. The van der Waals surface area contributed by atoms with Crippen LogP contribution in [0.5, 0.6) is 5.75 Å². The molecular weight excluding hydrogens is 907 g/mol. The van der Waals surface area contributed by atoms with Crippen LogP contribution in [0.3, 0.4) is 0 Å². The van der Waals surface area contributed by atoms with Crippen molar-refractivity contribution in [3.05, 3.63) is 47.6 Å². The van der Waals surface area contributed by atoms with Crippen molar-refractivity contribution in [3.63, 3.8) is 0 Å². The first-order valence-electron chi connectivity index (χ1n) is 25.7. The second-order valence-electron chi connectivity index (χ2n) is 23.6. The average molecular weight is 982 g/mol. The van der Waals surface area contributed by atoms with Crippen molar-refractivity contribution in [2.45, 2.75) is 163 Å². The van der Waals surface area contributed by atoms with Gasteiger partial charge in [-0.15, -0.1) is 0 Å².